The van der Waals surface area contributed by atoms with Gasteiger partial charge in [0.1, 0.15) is 5.84 Å². The topological polar surface area (TPSA) is 176 Å². The number of rotatable bonds is 13. The Kier molecular flexibility index (Phi) is 24.6. The van der Waals surface area contributed by atoms with Crippen LogP contribution in [0.1, 0.15) is 68.5 Å². The van der Waals surface area contributed by atoms with Crippen LogP contribution in [0.15, 0.2) is 224 Å². The van der Waals surface area contributed by atoms with E-state index in [-0.39, 0.29) is 16.4 Å². The van der Waals surface area contributed by atoms with Gasteiger partial charge in [-0.2, -0.15) is 5.26 Å². The third-order valence-electron chi connectivity index (χ3n) is 14.2. The summed E-state index contributed by atoms with van der Waals surface area (Å²) in [4.78, 5) is 10.7. The van der Waals surface area contributed by atoms with Gasteiger partial charge < -0.3 is 27.3 Å². The van der Waals surface area contributed by atoms with Crippen LogP contribution in [0.4, 0.5) is 22.7 Å². The highest BCUT2D eigenvalue weighted by atomic mass is 16.6. The molecule has 0 fully saturated rings. The molecule has 10 aromatic carbocycles. The van der Waals surface area contributed by atoms with Gasteiger partial charge in [-0.1, -0.05) is 227 Å². The van der Waals surface area contributed by atoms with E-state index in [0.29, 0.717) is 31.5 Å². The first-order valence-electron chi connectivity index (χ1n) is 28.9. The van der Waals surface area contributed by atoms with E-state index < -0.39 is 0 Å². The zero-order valence-electron chi connectivity index (χ0n) is 51.4. The van der Waals surface area contributed by atoms with Crippen LogP contribution in [-0.2, 0) is 0 Å². The molecule has 0 radical (unpaired) electrons. The van der Waals surface area contributed by atoms with Crippen molar-refractivity contribution < 1.29 is 10.1 Å². The van der Waals surface area contributed by atoms with Crippen molar-refractivity contribution in [2.45, 2.75) is 82.1 Å². The zero-order chi connectivity index (χ0) is 62.1. The minimum Gasteiger partial charge on any atom is -0.409 e. The minimum atomic E-state index is -0.331. The summed E-state index contributed by atoms with van der Waals surface area (Å²) in [5, 5.41) is 37.9. The summed E-state index contributed by atoms with van der Waals surface area (Å²) in [6, 6.07) is 76.7. The molecule has 0 saturated heterocycles. The predicted octanol–water partition coefficient (Wildman–Crippen LogP) is 19.2. The molecular weight excluding hydrogens is 1060 g/mol. The molecule has 0 aliphatic rings. The molecule has 0 atom stereocenters. The number of nitriles is 1. The van der Waals surface area contributed by atoms with Crippen LogP contribution in [-0.4, -0.2) is 29.1 Å². The van der Waals surface area contributed by atoms with Crippen LogP contribution in [0.5, 0.6) is 0 Å². The fourth-order valence-corrected chi connectivity index (χ4v) is 9.15. The number of hydrogen-bond donors (Lipinski definition) is 5. The van der Waals surface area contributed by atoms with Gasteiger partial charge in [0, 0.05) is 59.3 Å². The van der Waals surface area contributed by atoms with Crippen molar-refractivity contribution in [2.24, 2.45) is 10.9 Å². The summed E-state index contributed by atoms with van der Waals surface area (Å²) >= 11 is 0. The lowest BCUT2D eigenvalue weighted by Gasteiger charge is -2.13. The van der Waals surface area contributed by atoms with E-state index in [1.165, 1.54) is 77.9 Å². The van der Waals surface area contributed by atoms with Gasteiger partial charge in [0.05, 0.1) is 23.0 Å². The van der Waals surface area contributed by atoms with Gasteiger partial charge in [0.2, 0.25) is 0 Å². The quantitative estimate of drug-likeness (QED) is 0.0144. The largest absolute Gasteiger partial charge is 0.409 e. The van der Waals surface area contributed by atoms with Crippen LogP contribution in [0.25, 0.3) is 55.6 Å². The van der Waals surface area contributed by atoms with Crippen LogP contribution in [0, 0.1) is 90.7 Å². The fourth-order valence-electron chi connectivity index (χ4n) is 9.15. The molecule has 0 saturated carbocycles. The van der Waals surface area contributed by atoms with E-state index in [0.717, 1.165) is 44.9 Å². The molecule has 0 heterocycles. The number of benzene rings is 10. The SMILES string of the molecule is Cc1ccc(-c2ccc(C)cc2)cc1.Cc1ccc(-c2ccc(C)cc2N)cc1.Cc1ccc(-c2ccc(C)cc2NCC/C(N)=N/O)cc1.Cc1ccc(-c2ccc(C)cc2NCCC#N)cc1.Cc1ccc(-c2ccc(C)cc2[N+](=O)[O-])cc1. The first kappa shape index (κ1) is 64.9. The molecule has 0 aromatic heterocycles. The molecular formula is C76H81N7O3. The van der Waals surface area contributed by atoms with Crippen LogP contribution >= 0.6 is 0 Å². The Morgan fingerprint density at radius 3 is 1.07 bits per heavy atom. The molecule has 7 N–H and O–H groups in total. The summed E-state index contributed by atoms with van der Waals surface area (Å²) in [5.41, 5.74) is 37.8. The third kappa shape index (κ3) is 20.3. The second-order valence-corrected chi connectivity index (χ2v) is 21.8. The maximum atomic E-state index is 11.0. The average Bonchev–Trinajstić information content (AvgIpc) is 3.70. The summed E-state index contributed by atoms with van der Waals surface area (Å²) in [6.45, 7) is 21.8. The second kappa shape index (κ2) is 32.6. The highest BCUT2D eigenvalue weighted by Crippen LogP contribution is 2.33. The van der Waals surface area contributed by atoms with Gasteiger partial charge >= 0.3 is 0 Å². The Balaban J connectivity index is 0.000000173. The number of oxime groups is 1. The molecule has 10 aromatic rings. The van der Waals surface area contributed by atoms with Gasteiger partial charge in [-0.15, -0.1) is 0 Å². The van der Waals surface area contributed by atoms with E-state index in [1.807, 2.05) is 50.2 Å². The van der Waals surface area contributed by atoms with E-state index in [9.17, 15) is 10.1 Å². The van der Waals surface area contributed by atoms with Crippen molar-refractivity contribution in [1.29, 1.82) is 5.26 Å². The highest BCUT2D eigenvalue weighted by Gasteiger charge is 2.15. The molecule has 0 aliphatic heterocycles. The lowest BCUT2D eigenvalue weighted by molar-refractivity contribution is -0.384. The van der Waals surface area contributed by atoms with Crippen molar-refractivity contribution in [1.82, 2.24) is 0 Å². The van der Waals surface area contributed by atoms with Crippen molar-refractivity contribution in [2.75, 3.05) is 29.5 Å². The van der Waals surface area contributed by atoms with E-state index >= 15 is 0 Å². The Labute approximate surface area is 509 Å². The highest BCUT2D eigenvalue weighted by molar-refractivity contribution is 5.82. The van der Waals surface area contributed by atoms with Gasteiger partial charge in [-0.3, -0.25) is 10.1 Å². The first-order valence-corrected chi connectivity index (χ1v) is 28.9. The smallest absolute Gasteiger partial charge is 0.277 e. The monoisotopic (exact) mass is 1140 g/mol. The minimum absolute atomic E-state index is 0.161. The second-order valence-electron chi connectivity index (χ2n) is 21.8. The zero-order valence-corrected chi connectivity index (χ0v) is 51.4. The number of aryl methyl sites for hydroxylation is 10. The molecule has 0 aliphatic carbocycles. The number of nitro benzene ring substituents is 1. The maximum absolute atomic E-state index is 11.0. The van der Waals surface area contributed by atoms with E-state index in [2.05, 4.69) is 247 Å². The maximum Gasteiger partial charge on any atom is 0.277 e. The van der Waals surface area contributed by atoms with Crippen molar-refractivity contribution in [3.63, 3.8) is 0 Å². The summed E-state index contributed by atoms with van der Waals surface area (Å²) in [6.07, 6.45) is 1.01. The van der Waals surface area contributed by atoms with E-state index in [1.54, 1.807) is 12.1 Å². The van der Waals surface area contributed by atoms with Crippen LogP contribution in [0.3, 0.4) is 0 Å². The van der Waals surface area contributed by atoms with Crippen molar-refractivity contribution in [3.05, 3.63) is 284 Å². The Morgan fingerprint density at radius 2 is 0.721 bits per heavy atom. The number of nitro groups is 1. The molecule has 0 bridgehead atoms. The van der Waals surface area contributed by atoms with Gasteiger partial charge in [0.25, 0.3) is 5.69 Å². The number of anilines is 3. The Morgan fingerprint density at radius 1 is 0.430 bits per heavy atom. The lowest BCUT2D eigenvalue weighted by Crippen LogP contribution is -2.16. The predicted molar refractivity (Wildman–Crippen MR) is 363 cm³/mol. The Bertz CT molecular complexity index is 3810. The van der Waals surface area contributed by atoms with Crippen LogP contribution < -0.4 is 22.1 Å². The number of amidine groups is 1. The summed E-state index contributed by atoms with van der Waals surface area (Å²) in [7, 11) is 0. The lowest BCUT2D eigenvalue weighted by atomic mass is 10.0. The molecule has 0 unspecified atom stereocenters. The first-order chi connectivity index (χ1) is 41.3. The molecule has 0 spiro atoms. The molecule has 10 nitrogen and oxygen atoms in total. The number of hydrogen-bond acceptors (Lipinski definition) is 8. The average molecular weight is 1140 g/mol. The normalized spacial score (nSPS) is 10.5. The molecule has 86 heavy (non-hydrogen) atoms. The van der Waals surface area contributed by atoms with Gasteiger partial charge in [-0.05, 0) is 149 Å². The summed E-state index contributed by atoms with van der Waals surface area (Å²) < 4.78 is 0. The van der Waals surface area contributed by atoms with Gasteiger partial charge in [0.15, 0.2) is 0 Å². The number of nitrogens with one attached hydrogen (secondary N) is 2. The molecule has 10 heteroatoms. The Hall–Kier alpha value is -10.2. The third-order valence-corrected chi connectivity index (χ3v) is 14.2. The summed E-state index contributed by atoms with van der Waals surface area (Å²) in [5.74, 6) is 0.229. The molecule has 0 amide bonds. The van der Waals surface area contributed by atoms with Crippen molar-refractivity contribution >= 4 is 28.6 Å². The van der Waals surface area contributed by atoms with E-state index in [4.69, 9.17) is 21.9 Å². The standard InChI is InChI=1S/C17H21N3O.C17H18N2.C14H13NO2.C14H15N.C14H14/c1-12-3-6-14(7-4-12)15-8-5-13(2)11-16(15)19-10-9-17(18)20-21;1-13-4-7-15(8-5-13)16-9-6-14(2)12-17(16)19-11-3-10-18;1-10-3-6-12(7-4-10)13-8-5-11(2)9-14(13)15(16)17;1-10-3-6-12(7-4-10)13-8-5-11(2)9-14(13)15;1-11-3-7-13(8-4-11)14-9-5-12(2)6-10-14/h3-8,11,19,21H,9-10H2,1-2H3,(H2,18,20);4-9,12,19H,3,11H2,1-2H3;3-9H,1-2H3;3-9H,15H2,1-2H3;3-10H,1-2H3. The molecule has 10 rings (SSSR count). The molecule has 438 valence electrons. The van der Waals surface area contributed by atoms with Crippen molar-refractivity contribution in [3.8, 4) is 61.7 Å². The number of nitrogens with zero attached hydrogens (tertiary/aromatic N) is 3. The van der Waals surface area contributed by atoms with Crippen LogP contribution in [0.2, 0.25) is 0 Å². The number of nitrogen functional groups attached to an aromatic ring is 1. The fraction of sp³-hybridized carbons (Fsp3) is 0.184. The van der Waals surface area contributed by atoms with Gasteiger partial charge in [-0.25, -0.2) is 0 Å². The number of nitrogens with two attached hydrogens (primary N) is 2.